The Balaban J connectivity index is 1.59. The summed E-state index contributed by atoms with van der Waals surface area (Å²) in [5.74, 6) is -1.17. The molecule has 4 aromatic rings. The summed E-state index contributed by atoms with van der Waals surface area (Å²) in [4.78, 5) is 44.6. The molecule has 0 atom stereocenters. The highest BCUT2D eigenvalue weighted by Gasteiger charge is 2.19. The van der Waals surface area contributed by atoms with Gasteiger partial charge in [0.1, 0.15) is 12.2 Å². The fourth-order valence-electron chi connectivity index (χ4n) is 3.12. The Hall–Kier alpha value is -4.41. The van der Waals surface area contributed by atoms with E-state index in [4.69, 9.17) is 10.3 Å². The largest absolute Gasteiger partial charge is 0.364 e. The van der Waals surface area contributed by atoms with Crippen LogP contribution in [0.1, 0.15) is 56.4 Å². The molecular weight excluding hydrogens is 414 g/mol. The SMILES string of the molecule is CCC(=O)c1nc(Cn2ncc(NC(=O)c3cc(C(N)=O)nc4ccccc34)c2C)no1. The number of Topliss-reactive ketones (excluding diaryl/α,β-unsaturated/α-hetero) is 1. The first-order valence-electron chi connectivity index (χ1n) is 9.76. The zero-order valence-electron chi connectivity index (χ0n) is 17.3. The third-order valence-corrected chi connectivity index (χ3v) is 4.88. The van der Waals surface area contributed by atoms with Crippen LogP contribution in [0.3, 0.4) is 0 Å². The number of aromatic nitrogens is 5. The molecule has 11 heteroatoms. The third-order valence-electron chi connectivity index (χ3n) is 4.88. The van der Waals surface area contributed by atoms with Crippen molar-refractivity contribution in [2.75, 3.05) is 5.32 Å². The number of ketones is 1. The third kappa shape index (κ3) is 3.95. The van der Waals surface area contributed by atoms with E-state index in [1.54, 1.807) is 42.8 Å². The van der Waals surface area contributed by atoms with E-state index >= 15 is 0 Å². The number of benzene rings is 1. The Morgan fingerprint density at radius 3 is 2.72 bits per heavy atom. The lowest BCUT2D eigenvalue weighted by Crippen LogP contribution is -2.18. The van der Waals surface area contributed by atoms with E-state index in [-0.39, 0.29) is 41.7 Å². The molecule has 3 aromatic heterocycles. The van der Waals surface area contributed by atoms with E-state index in [0.29, 0.717) is 22.3 Å². The summed E-state index contributed by atoms with van der Waals surface area (Å²) in [6, 6.07) is 8.34. The standard InChI is InChI=1S/C21H19N7O4/c1-3-17(29)21-26-18(27-32-21)10-28-11(2)16(9-23-28)25-20(31)13-8-15(19(22)30)24-14-7-5-4-6-12(13)14/h4-9H,3,10H2,1-2H3,(H2,22,30)(H,25,31). The van der Waals surface area contributed by atoms with Gasteiger partial charge >= 0.3 is 0 Å². The van der Waals surface area contributed by atoms with Gasteiger partial charge in [0.2, 0.25) is 5.78 Å². The van der Waals surface area contributed by atoms with Gasteiger partial charge in [0, 0.05) is 11.8 Å². The van der Waals surface area contributed by atoms with Crippen molar-refractivity contribution in [3.8, 4) is 0 Å². The first kappa shape index (κ1) is 20.8. The minimum absolute atomic E-state index is 0.00388. The minimum atomic E-state index is -0.727. The van der Waals surface area contributed by atoms with Crippen LogP contribution in [-0.4, -0.2) is 42.5 Å². The highest BCUT2D eigenvalue weighted by molar-refractivity contribution is 6.13. The monoisotopic (exact) mass is 433 g/mol. The first-order chi connectivity index (χ1) is 15.4. The molecule has 32 heavy (non-hydrogen) atoms. The number of carbonyl (C=O) groups is 3. The van der Waals surface area contributed by atoms with E-state index in [1.807, 2.05) is 0 Å². The van der Waals surface area contributed by atoms with Gasteiger partial charge in [-0.05, 0) is 19.1 Å². The van der Waals surface area contributed by atoms with Gasteiger partial charge in [-0.3, -0.25) is 19.1 Å². The van der Waals surface area contributed by atoms with Crippen LogP contribution in [0, 0.1) is 6.92 Å². The lowest BCUT2D eigenvalue weighted by molar-refractivity contribution is 0.0944. The number of hydrogen-bond acceptors (Lipinski definition) is 8. The zero-order chi connectivity index (χ0) is 22.8. The number of amides is 2. The molecule has 0 saturated carbocycles. The maximum Gasteiger partial charge on any atom is 0.294 e. The number of nitrogens with one attached hydrogen (secondary N) is 1. The summed E-state index contributed by atoms with van der Waals surface area (Å²) in [5.41, 5.74) is 7.21. The molecule has 3 heterocycles. The number of anilines is 1. The second kappa shape index (κ2) is 8.38. The van der Waals surface area contributed by atoms with Crippen molar-refractivity contribution in [3.05, 3.63) is 65.2 Å². The number of nitrogens with zero attached hydrogens (tertiary/aromatic N) is 5. The summed E-state index contributed by atoms with van der Waals surface area (Å²) in [7, 11) is 0. The quantitative estimate of drug-likeness (QED) is 0.419. The maximum absolute atomic E-state index is 13.0. The van der Waals surface area contributed by atoms with Crippen LogP contribution in [0.2, 0.25) is 0 Å². The molecule has 4 rings (SSSR count). The van der Waals surface area contributed by atoms with Crippen LogP contribution in [0.25, 0.3) is 10.9 Å². The minimum Gasteiger partial charge on any atom is -0.364 e. The first-order valence-corrected chi connectivity index (χ1v) is 9.76. The molecule has 162 valence electrons. The van der Waals surface area contributed by atoms with E-state index in [0.717, 1.165) is 0 Å². The number of para-hydroxylation sites is 1. The average Bonchev–Trinajstić information content (AvgIpc) is 3.40. The molecule has 0 aliphatic rings. The molecular formula is C21H19N7O4. The molecule has 11 nitrogen and oxygen atoms in total. The van der Waals surface area contributed by atoms with Gasteiger partial charge in [-0.2, -0.15) is 10.1 Å². The number of rotatable bonds is 7. The number of primary amides is 1. The van der Waals surface area contributed by atoms with Crippen molar-refractivity contribution in [2.45, 2.75) is 26.8 Å². The molecule has 0 aliphatic heterocycles. The molecule has 3 N–H and O–H groups in total. The average molecular weight is 433 g/mol. The predicted octanol–water partition coefficient (Wildman–Crippen LogP) is 2.11. The second-order valence-electron chi connectivity index (χ2n) is 6.98. The summed E-state index contributed by atoms with van der Waals surface area (Å²) < 4.78 is 6.53. The van der Waals surface area contributed by atoms with Gasteiger partial charge < -0.3 is 15.6 Å². The molecule has 0 aliphatic carbocycles. The Morgan fingerprint density at radius 1 is 1.19 bits per heavy atom. The van der Waals surface area contributed by atoms with Gasteiger partial charge in [-0.1, -0.05) is 30.3 Å². The summed E-state index contributed by atoms with van der Waals surface area (Å²) in [6.45, 7) is 3.63. The van der Waals surface area contributed by atoms with Crippen molar-refractivity contribution < 1.29 is 18.9 Å². The van der Waals surface area contributed by atoms with Gasteiger partial charge in [-0.25, -0.2) is 4.98 Å². The van der Waals surface area contributed by atoms with Gasteiger partial charge in [0.15, 0.2) is 5.82 Å². The van der Waals surface area contributed by atoms with Crippen molar-refractivity contribution >= 4 is 34.2 Å². The van der Waals surface area contributed by atoms with Crippen LogP contribution < -0.4 is 11.1 Å². The van der Waals surface area contributed by atoms with E-state index in [2.05, 4.69) is 25.5 Å². The van der Waals surface area contributed by atoms with E-state index < -0.39 is 11.8 Å². The van der Waals surface area contributed by atoms with Crippen molar-refractivity contribution in [1.29, 1.82) is 0 Å². The van der Waals surface area contributed by atoms with E-state index in [9.17, 15) is 14.4 Å². The molecule has 1 aromatic carbocycles. The molecule has 0 fully saturated rings. The second-order valence-corrected chi connectivity index (χ2v) is 6.98. The number of hydrogen-bond donors (Lipinski definition) is 2. The van der Waals surface area contributed by atoms with Gasteiger partial charge in [0.25, 0.3) is 17.7 Å². The Kier molecular flexibility index (Phi) is 5.46. The number of nitrogens with two attached hydrogens (primary N) is 1. The molecule has 0 radical (unpaired) electrons. The van der Waals surface area contributed by atoms with Crippen LogP contribution in [-0.2, 0) is 6.54 Å². The highest BCUT2D eigenvalue weighted by Crippen LogP contribution is 2.21. The Morgan fingerprint density at radius 2 is 1.97 bits per heavy atom. The number of carbonyl (C=O) groups excluding carboxylic acids is 3. The van der Waals surface area contributed by atoms with Crippen molar-refractivity contribution in [3.63, 3.8) is 0 Å². The maximum atomic E-state index is 13.0. The van der Waals surface area contributed by atoms with Crippen LogP contribution >= 0.6 is 0 Å². The van der Waals surface area contributed by atoms with Crippen LogP contribution in [0.4, 0.5) is 5.69 Å². The lowest BCUT2D eigenvalue weighted by Gasteiger charge is -2.09. The fourth-order valence-corrected chi connectivity index (χ4v) is 3.12. The number of fused-ring (bicyclic) bond motifs is 1. The fraction of sp³-hybridized carbons (Fsp3) is 0.190. The summed E-state index contributed by atoms with van der Waals surface area (Å²) in [5, 5.41) is 11.4. The molecule has 0 bridgehead atoms. The normalized spacial score (nSPS) is 10.9. The Labute approximate surface area is 181 Å². The zero-order valence-corrected chi connectivity index (χ0v) is 17.3. The van der Waals surface area contributed by atoms with Crippen LogP contribution in [0.15, 0.2) is 41.1 Å². The van der Waals surface area contributed by atoms with Gasteiger partial charge in [-0.15, -0.1) is 0 Å². The Bertz CT molecular complexity index is 1360. The molecule has 0 unspecified atom stereocenters. The summed E-state index contributed by atoms with van der Waals surface area (Å²) >= 11 is 0. The van der Waals surface area contributed by atoms with Crippen LogP contribution in [0.5, 0.6) is 0 Å². The molecule has 0 saturated heterocycles. The van der Waals surface area contributed by atoms with Gasteiger partial charge in [0.05, 0.1) is 28.7 Å². The topological polar surface area (TPSA) is 159 Å². The molecule has 0 spiro atoms. The molecule has 2 amide bonds. The number of pyridine rings is 1. The smallest absolute Gasteiger partial charge is 0.294 e. The van der Waals surface area contributed by atoms with Crippen molar-refractivity contribution in [1.82, 2.24) is 24.9 Å². The van der Waals surface area contributed by atoms with E-state index in [1.165, 1.54) is 12.3 Å². The van der Waals surface area contributed by atoms with Crippen molar-refractivity contribution in [2.24, 2.45) is 5.73 Å². The highest BCUT2D eigenvalue weighted by atomic mass is 16.5. The summed E-state index contributed by atoms with van der Waals surface area (Å²) in [6.07, 6.45) is 1.75. The predicted molar refractivity (Wildman–Crippen MR) is 113 cm³/mol. The lowest BCUT2D eigenvalue weighted by atomic mass is 10.1.